The van der Waals surface area contributed by atoms with Crippen LogP contribution >= 0.6 is 0 Å². The fourth-order valence-corrected chi connectivity index (χ4v) is 1.87. The van der Waals surface area contributed by atoms with Crippen molar-refractivity contribution in [3.63, 3.8) is 0 Å². The van der Waals surface area contributed by atoms with Crippen LogP contribution in [-0.2, 0) is 0 Å². The summed E-state index contributed by atoms with van der Waals surface area (Å²) in [6, 6.07) is 5.61. The van der Waals surface area contributed by atoms with Gasteiger partial charge in [0, 0.05) is 24.7 Å². The smallest absolute Gasteiger partial charge is 0.253 e. The van der Waals surface area contributed by atoms with Crippen LogP contribution in [0.1, 0.15) is 15.9 Å². The van der Waals surface area contributed by atoms with Gasteiger partial charge in [-0.05, 0) is 30.7 Å². The second-order valence-corrected chi connectivity index (χ2v) is 4.15. The summed E-state index contributed by atoms with van der Waals surface area (Å²) >= 11 is 0. The van der Waals surface area contributed by atoms with E-state index in [1.54, 1.807) is 18.1 Å². The average Bonchev–Trinajstić information content (AvgIpc) is 2.24. The highest BCUT2D eigenvalue weighted by molar-refractivity contribution is 5.95. The van der Waals surface area contributed by atoms with Crippen LogP contribution in [0.3, 0.4) is 0 Å². The summed E-state index contributed by atoms with van der Waals surface area (Å²) in [5.41, 5.74) is 7.32. The van der Waals surface area contributed by atoms with Crippen LogP contribution < -0.4 is 10.5 Å². The highest BCUT2D eigenvalue weighted by Crippen LogP contribution is 2.20. The molecule has 0 atom stereocenters. The molecule has 1 heterocycles. The van der Waals surface area contributed by atoms with Crippen molar-refractivity contribution in [2.24, 2.45) is 5.73 Å². The first-order chi connectivity index (χ1) is 7.61. The molecule has 0 spiro atoms. The number of rotatable bonds is 2. The summed E-state index contributed by atoms with van der Waals surface area (Å²) in [6.45, 7) is 3.24. The number of methoxy groups -OCH3 is 1. The molecule has 4 nitrogen and oxygen atoms in total. The number of carbonyl (C=O) groups excluding carboxylic acids is 1. The van der Waals surface area contributed by atoms with Crippen molar-refractivity contribution in [3.05, 3.63) is 29.3 Å². The molecule has 0 saturated carbocycles. The Morgan fingerprint density at radius 1 is 1.50 bits per heavy atom. The van der Waals surface area contributed by atoms with E-state index in [0.29, 0.717) is 18.7 Å². The van der Waals surface area contributed by atoms with Gasteiger partial charge in [-0.15, -0.1) is 0 Å². The molecule has 1 aromatic carbocycles. The number of hydrogen-bond donors (Lipinski definition) is 1. The van der Waals surface area contributed by atoms with E-state index in [-0.39, 0.29) is 11.9 Å². The van der Waals surface area contributed by atoms with Gasteiger partial charge in [-0.3, -0.25) is 4.79 Å². The monoisotopic (exact) mass is 220 g/mol. The van der Waals surface area contributed by atoms with Crippen molar-refractivity contribution >= 4 is 5.91 Å². The highest BCUT2D eigenvalue weighted by atomic mass is 16.5. The van der Waals surface area contributed by atoms with Gasteiger partial charge in [0.25, 0.3) is 5.91 Å². The minimum atomic E-state index is 0.0486. The van der Waals surface area contributed by atoms with Gasteiger partial charge in [0.2, 0.25) is 0 Å². The van der Waals surface area contributed by atoms with Gasteiger partial charge >= 0.3 is 0 Å². The molecule has 2 N–H and O–H groups in total. The molecular weight excluding hydrogens is 204 g/mol. The van der Waals surface area contributed by atoms with Crippen LogP contribution in [0.4, 0.5) is 0 Å². The quantitative estimate of drug-likeness (QED) is 0.801. The number of nitrogens with two attached hydrogens (primary N) is 1. The predicted molar refractivity (Wildman–Crippen MR) is 61.6 cm³/mol. The van der Waals surface area contributed by atoms with Crippen LogP contribution in [0.15, 0.2) is 18.2 Å². The Balaban J connectivity index is 2.15. The number of aryl methyl sites for hydroxylation is 1. The van der Waals surface area contributed by atoms with E-state index in [1.807, 2.05) is 19.1 Å². The lowest BCUT2D eigenvalue weighted by molar-refractivity contribution is 0.0608. The SMILES string of the molecule is COc1ccc(C(=O)N2CC(N)C2)cc1C. The van der Waals surface area contributed by atoms with E-state index < -0.39 is 0 Å². The normalized spacial score (nSPS) is 15.8. The molecule has 1 aliphatic heterocycles. The standard InChI is InChI=1S/C12H16N2O2/c1-8-5-9(3-4-11(8)16-2)12(15)14-6-10(13)7-14/h3-5,10H,6-7,13H2,1-2H3. The lowest BCUT2D eigenvalue weighted by Crippen LogP contribution is -2.57. The molecule has 2 rings (SSSR count). The molecule has 1 saturated heterocycles. The molecule has 0 unspecified atom stereocenters. The first kappa shape index (κ1) is 11.0. The third kappa shape index (κ3) is 1.88. The first-order valence-electron chi connectivity index (χ1n) is 5.31. The van der Waals surface area contributed by atoms with E-state index in [2.05, 4.69) is 0 Å². The topological polar surface area (TPSA) is 55.6 Å². The van der Waals surface area contributed by atoms with E-state index in [4.69, 9.17) is 10.5 Å². The minimum Gasteiger partial charge on any atom is -0.496 e. The maximum Gasteiger partial charge on any atom is 0.253 e. The maximum atomic E-state index is 12.0. The summed E-state index contributed by atoms with van der Waals surface area (Å²) in [4.78, 5) is 13.7. The second kappa shape index (κ2) is 4.14. The fraction of sp³-hybridized carbons (Fsp3) is 0.417. The molecule has 1 fully saturated rings. The Labute approximate surface area is 95.0 Å². The summed E-state index contributed by atoms with van der Waals surface area (Å²) < 4.78 is 5.15. The second-order valence-electron chi connectivity index (χ2n) is 4.15. The lowest BCUT2D eigenvalue weighted by Gasteiger charge is -2.36. The molecule has 4 heteroatoms. The van der Waals surface area contributed by atoms with E-state index in [9.17, 15) is 4.79 Å². The van der Waals surface area contributed by atoms with E-state index >= 15 is 0 Å². The molecule has 0 aromatic heterocycles. The molecule has 1 amide bonds. The van der Waals surface area contributed by atoms with Crippen LogP contribution in [0, 0.1) is 6.92 Å². The van der Waals surface area contributed by atoms with Gasteiger partial charge in [0.05, 0.1) is 7.11 Å². The number of carbonyl (C=O) groups is 1. The Morgan fingerprint density at radius 3 is 2.69 bits per heavy atom. The van der Waals surface area contributed by atoms with Crippen molar-refractivity contribution in [3.8, 4) is 5.75 Å². The average molecular weight is 220 g/mol. The van der Waals surface area contributed by atoms with Gasteiger partial charge in [-0.25, -0.2) is 0 Å². The Kier molecular flexibility index (Phi) is 2.83. The molecule has 86 valence electrons. The highest BCUT2D eigenvalue weighted by Gasteiger charge is 2.28. The molecule has 16 heavy (non-hydrogen) atoms. The number of benzene rings is 1. The van der Waals surface area contributed by atoms with Crippen LogP contribution in [0.25, 0.3) is 0 Å². The maximum absolute atomic E-state index is 12.0. The molecule has 0 radical (unpaired) electrons. The summed E-state index contributed by atoms with van der Waals surface area (Å²) in [7, 11) is 1.62. The third-order valence-corrected chi connectivity index (χ3v) is 2.84. The van der Waals surface area contributed by atoms with Crippen molar-refractivity contribution in [2.45, 2.75) is 13.0 Å². The number of likely N-dealkylation sites (tertiary alicyclic amines) is 1. The van der Waals surface area contributed by atoms with Crippen molar-refractivity contribution < 1.29 is 9.53 Å². The summed E-state index contributed by atoms with van der Waals surface area (Å²) in [5, 5.41) is 0. The van der Waals surface area contributed by atoms with Crippen LogP contribution in [-0.4, -0.2) is 37.0 Å². The van der Waals surface area contributed by atoms with E-state index in [0.717, 1.165) is 11.3 Å². The Hall–Kier alpha value is -1.55. The number of amides is 1. The van der Waals surface area contributed by atoms with Crippen LogP contribution in [0.2, 0.25) is 0 Å². The number of nitrogens with zero attached hydrogens (tertiary/aromatic N) is 1. The third-order valence-electron chi connectivity index (χ3n) is 2.84. The summed E-state index contributed by atoms with van der Waals surface area (Å²) in [6.07, 6.45) is 0. The van der Waals surface area contributed by atoms with Gasteiger partial charge in [-0.1, -0.05) is 0 Å². The largest absolute Gasteiger partial charge is 0.496 e. The van der Waals surface area contributed by atoms with Gasteiger partial charge in [-0.2, -0.15) is 0 Å². The van der Waals surface area contributed by atoms with Crippen molar-refractivity contribution in [1.82, 2.24) is 4.90 Å². The number of hydrogen-bond acceptors (Lipinski definition) is 3. The molecule has 1 aromatic rings. The molecule has 1 aliphatic rings. The molecule has 0 aliphatic carbocycles. The van der Waals surface area contributed by atoms with Crippen molar-refractivity contribution in [1.29, 1.82) is 0 Å². The zero-order chi connectivity index (χ0) is 11.7. The molecular formula is C12H16N2O2. The Morgan fingerprint density at radius 2 is 2.19 bits per heavy atom. The van der Waals surface area contributed by atoms with Gasteiger partial charge < -0.3 is 15.4 Å². The van der Waals surface area contributed by atoms with Crippen molar-refractivity contribution in [2.75, 3.05) is 20.2 Å². The Bertz CT molecular complexity index is 411. The molecule has 0 bridgehead atoms. The van der Waals surface area contributed by atoms with Crippen LogP contribution in [0.5, 0.6) is 5.75 Å². The zero-order valence-electron chi connectivity index (χ0n) is 9.56. The lowest BCUT2D eigenvalue weighted by atomic mass is 10.1. The van der Waals surface area contributed by atoms with E-state index in [1.165, 1.54) is 0 Å². The summed E-state index contributed by atoms with van der Waals surface area (Å²) in [5.74, 6) is 0.851. The minimum absolute atomic E-state index is 0.0486. The predicted octanol–water partition coefficient (Wildman–Crippen LogP) is 0.787. The van der Waals surface area contributed by atoms with Gasteiger partial charge in [0.15, 0.2) is 0 Å². The van der Waals surface area contributed by atoms with Gasteiger partial charge in [0.1, 0.15) is 5.75 Å². The number of ether oxygens (including phenoxy) is 1. The zero-order valence-corrected chi connectivity index (χ0v) is 9.56. The first-order valence-corrected chi connectivity index (χ1v) is 5.31. The fourth-order valence-electron chi connectivity index (χ4n) is 1.87.